The van der Waals surface area contributed by atoms with Gasteiger partial charge in [0.25, 0.3) is 0 Å². The summed E-state index contributed by atoms with van der Waals surface area (Å²) in [6.07, 6.45) is -7.88. The predicted octanol–water partition coefficient (Wildman–Crippen LogP) is -1.97. The van der Waals surface area contributed by atoms with Crippen LogP contribution >= 0.6 is 0 Å². The second-order valence-electron chi connectivity index (χ2n) is 7.98. The number of carbonyl (C=O) groups excluding carboxylic acids is 7. The van der Waals surface area contributed by atoms with Gasteiger partial charge >= 0.3 is 35.8 Å². The second-order valence-corrected chi connectivity index (χ2v) is 10.1. The summed E-state index contributed by atoms with van der Waals surface area (Å²) in [4.78, 5) is 84.0. The van der Waals surface area contributed by atoms with Crippen molar-refractivity contribution in [3.05, 3.63) is 0 Å². The zero-order valence-corrected chi connectivity index (χ0v) is 22.3. The molecule has 0 bridgehead atoms. The molecule has 1 heterocycles. The molecule has 1 amide bonds. The van der Waals surface area contributed by atoms with E-state index in [1.165, 1.54) is 0 Å². The summed E-state index contributed by atoms with van der Waals surface area (Å²) in [5.41, 5.74) is 0. The highest BCUT2D eigenvalue weighted by atomic mass is 32.2. The van der Waals surface area contributed by atoms with Crippen molar-refractivity contribution < 1.29 is 70.4 Å². The molecule has 1 rings (SSSR count). The Balaban J connectivity index is 3.86. The van der Waals surface area contributed by atoms with Crippen LogP contribution in [-0.4, -0.2) is 111 Å². The van der Waals surface area contributed by atoms with Crippen molar-refractivity contribution >= 4 is 52.1 Å². The van der Waals surface area contributed by atoms with E-state index in [9.17, 15) is 42.0 Å². The molecule has 0 N–H and O–H groups in total. The molecule has 16 nitrogen and oxygen atoms in total. The number of ether oxygens (including phenoxy) is 6. The fourth-order valence-electron chi connectivity index (χ4n) is 3.75. The van der Waals surface area contributed by atoms with E-state index in [2.05, 4.69) is 4.74 Å². The average molecular weight is 568 g/mol. The van der Waals surface area contributed by atoms with Crippen LogP contribution in [0.15, 0.2) is 0 Å². The number of hydrogen-bond acceptors (Lipinski definition) is 15. The molecule has 1 aliphatic rings. The topological polar surface area (TPSA) is 212 Å². The van der Waals surface area contributed by atoms with Crippen LogP contribution in [0.3, 0.4) is 0 Å². The number of methoxy groups -OCH3 is 1. The smallest absolute Gasteiger partial charge is 0.329 e. The maximum atomic E-state index is 13.2. The van der Waals surface area contributed by atoms with Gasteiger partial charge in [-0.2, -0.15) is 0 Å². The average Bonchev–Trinajstić information content (AvgIpc) is 3.06. The van der Waals surface area contributed by atoms with E-state index >= 15 is 0 Å². The normalized spacial score (nSPS) is 21.1. The number of hydrogen-bond donors (Lipinski definition) is 0. The third-order valence-electron chi connectivity index (χ3n) is 4.98. The van der Waals surface area contributed by atoms with Gasteiger partial charge in [0.05, 0.1) is 12.9 Å². The Bertz CT molecular complexity index is 1050. The molecule has 6 atom stereocenters. The molecule has 0 aromatic rings. The molecule has 214 valence electrons. The van der Waals surface area contributed by atoms with Crippen molar-refractivity contribution in [2.75, 3.05) is 19.5 Å². The number of rotatable bonds is 12. The maximum Gasteiger partial charge on any atom is 0.329 e. The molecule has 1 fully saturated rings. The zero-order chi connectivity index (χ0) is 29.4. The van der Waals surface area contributed by atoms with Gasteiger partial charge in [-0.15, -0.1) is 0 Å². The van der Waals surface area contributed by atoms with E-state index in [0.717, 1.165) is 41.7 Å². The van der Waals surface area contributed by atoms with Gasteiger partial charge in [-0.05, 0) is 0 Å². The van der Waals surface area contributed by atoms with Gasteiger partial charge in [-0.25, -0.2) is 13.2 Å². The standard InChI is InChI=1S/C21H29NO15S/c1-10(24)33-7-16(34-11(2)25)17(35-12(3)26)18(36-13(4)27)19(37-14(5)28)20-22(9-23)15(21(29)32-6)8-38(20,30)31/h9,15-20H,7-8H2,1-6H3/t15-,16+,17-,18-,19+,20+/m0/s1. The first-order valence-electron chi connectivity index (χ1n) is 10.9. The van der Waals surface area contributed by atoms with Crippen LogP contribution in [-0.2, 0) is 71.8 Å². The number of sulfone groups is 1. The highest BCUT2D eigenvalue weighted by Gasteiger charge is 2.58. The van der Waals surface area contributed by atoms with Crippen LogP contribution in [0.4, 0.5) is 0 Å². The lowest BCUT2D eigenvalue weighted by Gasteiger charge is -2.38. The van der Waals surface area contributed by atoms with E-state index < -0.39 is 93.8 Å². The fourth-order valence-corrected chi connectivity index (χ4v) is 5.88. The number of esters is 6. The molecule has 0 aromatic carbocycles. The number of amides is 1. The molecule has 1 aliphatic heterocycles. The maximum absolute atomic E-state index is 13.2. The van der Waals surface area contributed by atoms with Gasteiger partial charge in [0.2, 0.25) is 6.41 Å². The minimum Gasteiger partial charge on any atom is -0.467 e. The SMILES string of the molecule is COC(=O)[C@@H]1CS(=O)(=O)[C@H]([C@H](OC(C)=O)[C@@H](OC(C)=O)[C@@H](OC(C)=O)[C@@H](COC(C)=O)OC(C)=O)N1C=O. The van der Waals surface area contributed by atoms with Gasteiger partial charge in [-0.1, -0.05) is 0 Å². The third kappa shape index (κ3) is 8.67. The van der Waals surface area contributed by atoms with Crippen LogP contribution < -0.4 is 0 Å². The Morgan fingerprint density at radius 2 is 1.32 bits per heavy atom. The molecular weight excluding hydrogens is 538 g/mol. The summed E-state index contributed by atoms with van der Waals surface area (Å²) in [6, 6.07) is -1.67. The van der Waals surface area contributed by atoms with Gasteiger partial charge in [0.1, 0.15) is 12.6 Å². The van der Waals surface area contributed by atoms with Gasteiger partial charge < -0.3 is 33.3 Å². The highest BCUT2D eigenvalue weighted by Crippen LogP contribution is 2.32. The molecule has 0 aromatic heterocycles. The molecule has 0 radical (unpaired) electrons. The highest BCUT2D eigenvalue weighted by molar-refractivity contribution is 7.92. The minimum atomic E-state index is -4.52. The predicted molar refractivity (Wildman–Crippen MR) is 120 cm³/mol. The van der Waals surface area contributed by atoms with Crippen molar-refractivity contribution in [3.63, 3.8) is 0 Å². The van der Waals surface area contributed by atoms with Gasteiger partial charge in [-0.3, -0.25) is 28.8 Å². The molecule has 0 unspecified atom stereocenters. The molecule has 0 saturated carbocycles. The lowest BCUT2D eigenvalue weighted by atomic mass is 10.0. The van der Waals surface area contributed by atoms with E-state index in [0.29, 0.717) is 4.90 Å². The monoisotopic (exact) mass is 567 g/mol. The summed E-state index contributed by atoms with van der Waals surface area (Å²) in [6.45, 7) is 3.85. The van der Waals surface area contributed by atoms with Crippen molar-refractivity contribution in [1.82, 2.24) is 4.90 Å². The quantitative estimate of drug-likeness (QED) is 0.142. The molecule has 38 heavy (non-hydrogen) atoms. The lowest BCUT2D eigenvalue weighted by molar-refractivity contribution is -0.205. The summed E-state index contributed by atoms with van der Waals surface area (Å²) in [5.74, 6) is -7.17. The van der Waals surface area contributed by atoms with E-state index in [-0.39, 0.29) is 6.41 Å². The van der Waals surface area contributed by atoms with E-state index in [1.54, 1.807) is 0 Å². The van der Waals surface area contributed by atoms with E-state index in [4.69, 9.17) is 23.7 Å². The largest absolute Gasteiger partial charge is 0.467 e. The van der Waals surface area contributed by atoms with Crippen molar-refractivity contribution in [2.45, 2.75) is 70.5 Å². The fraction of sp³-hybridized carbons (Fsp3) is 0.667. The van der Waals surface area contributed by atoms with Crippen LogP contribution in [0.5, 0.6) is 0 Å². The molecule has 0 spiro atoms. The molecule has 1 saturated heterocycles. The van der Waals surface area contributed by atoms with Crippen molar-refractivity contribution in [2.24, 2.45) is 0 Å². The minimum absolute atomic E-state index is 0.0125. The van der Waals surface area contributed by atoms with Gasteiger partial charge in [0.15, 0.2) is 39.6 Å². The number of nitrogens with zero attached hydrogens (tertiary/aromatic N) is 1. The lowest BCUT2D eigenvalue weighted by Crippen LogP contribution is -2.60. The van der Waals surface area contributed by atoms with Gasteiger partial charge in [0, 0.05) is 34.6 Å². The van der Waals surface area contributed by atoms with Crippen LogP contribution in [0.1, 0.15) is 34.6 Å². The molecule has 0 aliphatic carbocycles. The van der Waals surface area contributed by atoms with Crippen LogP contribution in [0.2, 0.25) is 0 Å². The third-order valence-corrected chi connectivity index (χ3v) is 7.00. The zero-order valence-electron chi connectivity index (χ0n) is 21.4. The Labute approximate surface area is 217 Å². The first-order chi connectivity index (χ1) is 17.5. The van der Waals surface area contributed by atoms with Crippen molar-refractivity contribution in [1.29, 1.82) is 0 Å². The summed E-state index contributed by atoms with van der Waals surface area (Å²) in [5, 5.41) is -2.15. The van der Waals surface area contributed by atoms with Crippen molar-refractivity contribution in [3.8, 4) is 0 Å². The first kappa shape index (κ1) is 32.3. The first-order valence-corrected chi connectivity index (χ1v) is 12.6. The van der Waals surface area contributed by atoms with Crippen LogP contribution in [0, 0.1) is 0 Å². The Hall–Kier alpha value is -3.76. The summed E-state index contributed by atoms with van der Waals surface area (Å²) < 4.78 is 56.5. The Morgan fingerprint density at radius 1 is 0.816 bits per heavy atom. The number of carbonyl (C=O) groups is 7. The Kier molecular flexibility index (Phi) is 11.6. The molecule has 17 heteroatoms. The van der Waals surface area contributed by atoms with Crippen LogP contribution in [0.25, 0.3) is 0 Å². The second kappa shape index (κ2) is 13.7. The Morgan fingerprint density at radius 3 is 1.74 bits per heavy atom. The summed E-state index contributed by atoms with van der Waals surface area (Å²) in [7, 11) is -3.57. The summed E-state index contributed by atoms with van der Waals surface area (Å²) >= 11 is 0. The molecular formula is C21H29NO15S. The van der Waals surface area contributed by atoms with E-state index in [1.807, 2.05) is 0 Å².